The van der Waals surface area contributed by atoms with Gasteiger partial charge in [-0.2, -0.15) is 0 Å². The van der Waals surface area contributed by atoms with Crippen molar-refractivity contribution in [3.63, 3.8) is 0 Å². The number of aliphatic imine (C=N–C) groups is 1. The molecule has 0 aromatic carbocycles. The molecule has 38 valence electrons. The Labute approximate surface area is 42.3 Å². The van der Waals surface area contributed by atoms with Crippen molar-refractivity contribution in [1.82, 2.24) is 0 Å². The summed E-state index contributed by atoms with van der Waals surface area (Å²) in [6.45, 7) is 0.712. The first-order chi connectivity index (χ1) is 3.43. The van der Waals surface area contributed by atoms with Crippen LogP contribution in [0.2, 0.25) is 0 Å². The Morgan fingerprint density at radius 1 is 1.86 bits per heavy atom. The van der Waals surface area contributed by atoms with Crippen LogP contribution in [0.25, 0.3) is 0 Å². The van der Waals surface area contributed by atoms with Crippen LogP contribution in [0.5, 0.6) is 0 Å². The van der Waals surface area contributed by atoms with Crippen LogP contribution in [-0.4, -0.2) is 19.0 Å². The van der Waals surface area contributed by atoms with Crippen molar-refractivity contribution in [3.05, 3.63) is 0 Å². The molecule has 0 fully saturated rings. The number of hydrogen-bond acceptors (Lipinski definition) is 2. The van der Waals surface area contributed by atoms with Crippen LogP contribution in [0, 0.1) is 5.92 Å². The minimum absolute atomic E-state index is 0.194. The van der Waals surface area contributed by atoms with E-state index in [9.17, 15) is 4.79 Å². The lowest BCUT2D eigenvalue weighted by atomic mass is 10.1. The van der Waals surface area contributed by atoms with E-state index in [0.29, 0.717) is 6.54 Å². The summed E-state index contributed by atoms with van der Waals surface area (Å²) >= 11 is 0. The van der Waals surface area contributed by atoms with E-state index < -0.39 is 0 Å². The molecule has 0 radical (unpaired) electrons. The standard InChI is InChI=1S/C5H7NO/c7-4-5-1-2-6-3-5/h2,4-5H,1,3H2. The molecule has 0 spiro atoms. The zero-order chi connectivity index (χ0) is 5.11. The minimum Gasteiger partial charge on any atom is -0.303 e. The van der Waals surface area contributed by atoms with Gasteiger partial charge in [0.05, 0.1) is 0 Å². The molecule has 0 amide bonds. The Hall–Kier alpha value is -0.660. The summed E-state index contributed by atoms with van der Waals surface area (Å²) in [7, 11) is 0. The topological polar surface area (TPSA) is 29.4 Å². The first kappa shape index (κ1) is 4.50. The smallest absolute Gasteiger partial charge is 0.125 e. The third-order valence-electron chi connectivity index (χ3n) is 1.07. The molecule has 1 heterocycles. The highest BCUT2D eigenvalue weighted by Gasteiger charge is 2.07. The lowest BCUT2D eigenvalue weighted by molar-refractivity contribution is -0.110. The number of rotatable bonds is 1. The summed E-state index contributed by atoms with van der Waals surface area (Å²) in [6.07, 6.45) is 3.62. The van der Waals surface area contributed by atoms with Gasteiger partial charge < -0.3 is 4.79 Å². The van der Waals surface area contributed by atoms with Gasteiger partial charge in [0.2, 0.25) is 0 Å². The molecule has 2 nitrogen and oxygen atoms in total. The van der Waals surface area contributed by atoms with E-state index in [2.05, 4.69) is 4.99 Å². The van der Waals surface area contributed by atoms with Crippen LogP contribution in [0.15, 0.2) is 4.99 Å². The average Bonchev–Trinajstić information content (AvgIpc) is 2.14. The minimum atomic E-state index is 0.194. The van der Waals surface area contributed by atoms with Crippen LogP contribution >= 0.6 is 0 Å². The maximum atomic E-state index is 9.93. The maximum Gasteiger partial charge on any atom is 0.125 e. The summed E-state index contributed by atoms with van der Waals surface area (Å²) in [5, 5.41) is 0. The van der Waals surface area contributed by atoms with Gasteiger partial charge in [0.1, 0.15) is 6.29 Å². The lowest BCUT2D eigenvalue weighted by Gasteiger charge is -1.89. The molecule has 0 aromatic rings. The van der Waals surface area contributed by atoms with Gasteiger partial charge in [-0.3, -0.25) is 4.99 Å². The molecule has 1 rings (SSSR count). The Morgan fingerprint density at radius 2 is 2.71 bits per heavy atom. The first-order valence-corrected chi connectivity index (χ1v) is 2.37. The van der Waals surface area contributed by atoms with Crippen LogP contribution in [0.1, 0.15) is 6.42 Å². The number of carbonyl (C=O) groups excluding carboxylic acids is 1. The second-order valence-corrected chi connectivity index (χ2v) is 1.68. The van der Waals surface area contributed by atoms with Crippen LogP contribution in [0.4, 0.5) is 0 Å². The van der Waals surface area contributed by atoms with E-state index in [4.69, 9.17) is 0 Å². The van der Waals surface area contributed by atoms with Gasteiger partial charge >= 0.3 is 0 Å². The molecule has 0 N–H and O–H groups in total. The van der Waals surface area contributed by atoms with E-state index in [0.717, 1.165) is 12.7 Å². The summed E-state index contributed by atoms with van der Waals surface area (Å²) < 4.78 is 0. The molecule has 0 saturated carbocycles. The number of carbonyl (C=O) groups is 1. The molecule has 7 heavy (non-hydrogen) atoms. The molecule has 1 unspecified atom stereocenters. The van der Waals surface area contributed by atoms with Crippen molar-refractivity contribution in [1.29, 1.82) is 0 Å². The monoisotopic (exact) mass is 97.1 g/mol. The molecule has 0 aromatic heterocycles. The molecule has 2 heteroatoms. The summed E-state index contributed by atoms with van der Waals surface area (Å²) in [5.41, 5.74) is 0. The summed E-state index contributed by atoms with van der Waals surface area (Å²) in [4.78, 5) is 13.8. The first-order valence-electron chi connectivity index (χ1n) is 2.37. The zero-order valence-corrected chi connectivity index (χ0v) is 4.00. The molecule has 0 aliphatic carbocycles. The van der Waals surface area contributed by atoms with Crippen LogP contribution in [-0.2, 0) is 4.79 Å². The lowest BCUT2D eigenvalue weighted by Crippen LogP contribution is -1.98. The fourth-order valence-corrected chi connectivity index (χ4v) is 0.593. The Kier molecular flexibility index (Phi) is 1.20. The third kappa shape index (κ3) is 0.856. The largest absolute Gasteiger partial charge is 0.303 e. The second kappa shape index (κ2) is 1.87. The third-order valence-corrected chi connectivity index (χ3v) is 1.07. The average molecular weight is 97.1 g/mol. The van der Waals surface area contributed by atoms with Gasteiger partial charge in [-0.05, 0) is 12.6 Å². The Balaban J connectivity index is 2.35. The number of nitrogens with zero attached hydrogens (tertiary/aromatic N) is 1. The SMILES string of the molecule is O=CC1CC=NC1. The molecular weight excluding hydrogens is 90.1 g/mol. The molecule has 1 aliphatic heterocycles. The van der Waals surface area contributed by atoms with Crippen molar-refractivity contribution in [2.75, 3.05) is 6.54 Å². The van der Waals surface area contributed by atoms with Crippen molar-refractivity contribution < 1.29 is 4.79 Å². The van der Waals surface area contributed by atoms with Gasteiger partial charge in [0.25, 0.3) is 0 Å². The van der Waals surface area contributed by atoms with E-state index >= 15 is 0 Å². The number of hydrogen-bond donors (Lipinski definition) is 0. The maximum absolute atomic E-state index is 9.93. The van der Waals surface area contributed by atoms with Crippen molar-refractivity contribution in [2.24, 2.45) is 10.9 Å². The Morgan fingerprint density at radius 3 is 3.00 bits per heavy atom. The second-order valence-electron chi connectivity index (χ2n) is 1.68. The van der Waals surface area contributed by atoms with E-state index in [-0.39, 0.29) is 5.92 Å². The van der Waals surface area contributed by atoms with Gasteiger partial charge in [-0.15, -0.1) is 0 Å². The van der Waals surface area contributed by atoms with Gasteiger partial charge in [-0.1, -0.05) is 0 Å². The predicted octanol–water partition coefficient (Wildman–Crippen LogP) is 0.276. The zero-order valence-electron chi connectivity index (χ0n) is 4.00. The molecule has 1 atom stereocenters. The quantitative estimate of drug-likeness (QED) is 0.432. The molecule has 1 aliphatic rings. The fourth-order valence-electron chi connectivity index (χ4n) is 0.593. The van der Waals surface area contributed by atoms with Crippen molar-refractivity contribution in [2.45, 2.75) is 6.42 Å². The summed E-state index contributed by atoms with van der Waals surface area (Å²) in [6, 6.07) is 0. The van der Waals surface area contributed by atoms with Gasteiger partial charge in [-0.25, -0.2) is 0 Å². The number of aldehydes is 1. The van der Waals surface area contributed by atoms with E-state index in [1.165, 1.54) is 0 Å². The van der Waals surface area contributed by atoms with Crippen molar-refractivity contribution in [3.8, 4) is 0 Å². The summed E-state index contributed by atoms with van der Waals surface area (Å²) in [5.74, 6) is 0.194. The van der Waals surface area contributed by atoms with E-state index in [1.54, 1.807) is 6.21 Å². The van der Waals surface area contributed by atoms with Gasteiger partial charge in [0, 0.05) is 12.5 Å². The highest BCUT2D eigenvalue weighted by atomic mass is 16.1. The van der Waals surface area contributed by atoms with Crippen LogP contribution < -0.4 is 0 Å². The predicted molar refractivity (Wildman–Crippen MR) is 27.5 cm³/mol. The van der Waals surface area contributed by atoms with E-state index in [1.807, 2.05) is 0 Å². The molecular formula is C5H7NO. The molecule has 0 saturated heterocycles. The highest BCUT2D eigenvalue weighted by molar-refractivity contribution is 5.68. The Bertz CT molecular complexity index is 90.3. The normalized spacial score (nSPS) is 28.3. The van der Waals surface area contributed by atoms with Crippen LogP contribution in [0.3, 0.4) is 0 Å². The molecule has 0 bridgehead atoms. The van der Waals surface area contributed by atoms with Gasteiger partial charge in [0.15, 0.2) is 0 Å². The fraction of sp³-hybridized carbons (Fsp3) is 0.600. The van der Waals surface area contributed by atoms with Crippen molar-refractivity contribution >= 4 is 12.5 Å². The highest BCUT2D eigenvalue weighted by Crippen LogP contribution is 2.02.